The Labute approximate surface area is 109 Å². The monoisotopic (exact) mass is 249 g/mol. The van der Waals surface area contributed by atoms with Gasteiger partial charge in [-0.1, -0.05) is 13.8 Å². The number of aromatic nitrogens is 2. The van der Waals surface area contributed by atoms with Gasteiger partial charge in [0.15, 0.2) is 0 Å². The van der Waals surface area contributed by atoms with Gasteiger partial charge in [-0.15, -0.1) is 0 Å². The summed E-state index contributed by atoms with van der Waals surface area (Å²) in [4.78, 5) is 10.9. The molecule has 1 saturated heterocycles. The molecule has 5 heteroatoms. The molecule has 3 N–H and O–H groups in total. The van der Waals surface area contributed by atoms with E-state index in [-0.39, 0.29) is 0 Å². The number of hydrogen-bond acceptors (Lipinski definition) is 5. The van der Waals surface area contributed by atoms with Crippen molar-refractivity contribution in [1.29, 1.82) is 0 Å². The van der Waals surface area contributed by atoms with Crippen LogP contribution in [0.15, 0.2) is 6.07 Å². The van der Waals surface area contributed by atoms with Crippen LogP contribution in [-0.4, -0.2) is 29.6 Å². The van der Waals surface area contributed by atoms with E-state index in [1.807, 2.05) is 13.1 Å². The number of rotatable bonds is 2. The molecule has 0 spiro atoms. The van der Waals surface area contributed by atoms with Gasteiger partial charge in [-0.3, -0.25) is 0 Å². The minimum atomic E-state index is 0.329. The summed E-state index contributed by atoms with van der Waals surface area (Å²) in [6, 6.07) is 2.46. The zero-order chi connectivity index (χ0) is 13.3. The lowest BCUT2D eigenvalue weighted by Gasteiger charge is -2.41. The van der Waals surface area contributed by atoms with Gasteiger partial charge in [-0.2, -0.15) is 9.97 Å². The van der Waals surface area contributed by atoms with Gasteiger partial charge >= 0.3 is 0 Å². The van der Waals surface area contributed by atoms with Crippen LogP contribution in [-0.2, 0) is 0 Å². The Morgan fingerprint density at radius 3 is 2.72 bits per heavy atom. The molecule has 100 valence electrons. The first-order chi connectivity index (χ1) is 8.51. The summed E-state index contributed by atoms with van der Waals surface area (Å²) in [5.41, 5.74) is 5.77. The third-order valence-corrected chi connectivity index (χ3v) is 3.88. The number of nitrogen functional groups attached to an aromatic ring is 1. The number of hydrogen-bond donors (Lipinski definition) is 2. The van der Waals surface area contributed by atoms with Crippen LogP contribution in [0.2, 0.25) is 0 Å². The standard InChI is InChI=1S/C13H23N5/c1-8-5-9(2)10(3)18(7-8)12-6-11(15-4)16-13(14)17-12/h6,8-10H,5,7H2,1-4H3,(H3,14,15,16,17). The maximum absolute atomic E-state index is 5.77. The van der Waals surface area contributed by atoms with E-state index in [2.05, 4.69) is 41.0 Å². The van der Waals surface area contributed by atoms with Crippen molar-refractivity contribution in [2.45, 2.75) is 33.2 Å². The van der Waals surface area contributed by atoms with Gasteiger partial charge in [-0.25, -0.2) is 0 Å². The predicted molar refractivity (Wildman–Crippen MR) is 75.7 cm³/mol. The number of piperidine rings is 1. The largest absolute Gasteiger partial charge is 0.373 e. The van der Waals surface area contributed by atoms with Gasteiger partial charge in [0.2, 0.25) is 5.95 Å². The molecule has 1 aliphatic rings. The Morgan fingerprint density at radius 1 is 1.33 bits per heavy atom. The second kappa shape index (κ2) is 5.00. The van der Waals surface area contributed by atoms with Gasteiger partial charge < -0.3 is 16.0 Å². The van der Waals surface area contributed by atoms with Crippen LogP contribution in [0.25, 0.3) is 0 Å². The van der Waals surface area contributed by atoms with Crippen LogP contribution in [0, 0.1) is 11.8 Å². The van der Waals surface area contributed by atoms with Crippen molar-refractivity contribution in [2.75, 3.05) is 29.5 Å². The predicted octanol–water partition coefficient (Wildman–Crippen LogP) is 1.97. The molecule has 0 bridgehead atoms. The highest BCUT2D eigenvalue weighted by atomic mass is 15.2. The van der Waals surface area contributed by atoms with Crippen molar-refractivity contribution in [1.82, 2.24) is 9.97 Å². The van der Waals surface area contributed by atoms with Crippen LogP contribution in [0.3, 0.4) is 0 Å². The molecular formula is C13H23N5. The Morgan fingerprint density at radius 2 is 2.06 bits per heavy atom. The Kier molecular flexibility index (Phi) is 3.59. The second-order valence-corrected chi connectivity index (χ2v) is 5.43. The van der Waals surface area contributed by atoms with Gasteiger partial charge in [0.05, 0.1) is 0 Å². The molecule has 2 heterocycles. The van der Waals surface area contributed by atoms with E-state index in [1.54, 1.807) is 0 Å². The van der Waals surface area contributed by atoms with E-state index in [4.69, 9.17) is 5.73 Å². The molecule has 1 aromatic heterocycles. The summed E-state index contributed by atoms with van der Waals surface area (Å²) in [5.74, 6) is 3.39. The maximum atomic E-state index is 5.77. The molecular weight excluding hydrogens is 226 g/mol. The van der Waals surface area contributed by atoms with Gasteiger partial charge in [0.25, 0.3) is 0 Å². The van der Waals surface area contributed by atoms with Crippen LogP contribution in [0.5, 0.6) is 0 Å². The van der Waals surface area contributed by atoms with Crippen LogP contribution < -0.4 is 16.0 Å². The van der Waals surface area contributed by atoms with Crippen molar-refractivity contribution < 1.29 is 0 Å². The molecule has 1 aromatic rings. The number of nitrogens with zero attached hydrogens (tertiary/aromatic N) is 3. The zero-order valence-corrected chi connectivity index (χ0v) is 11.6. The quantitative estimate of drug-likeness (QED) is 0.839. The highest BCUT2D eigenvalue weighted by Crippen LogP contribution is 2.31. The molecule has 18 heavy (non-hydrogen) atoms. The third kappa shape index (κ3) is 2.49. The molecule has 0 aromatic carbocycles. The molecule has 0 radical (unpaired) electrons. The third-order valence-electron chi connectivity index (χ3n) is 3.88. The number of nitrogens with one attached hydrogen (secondary N) is 1. The first-order valence-electron chi connectivity index (χ1n) is 6.60. The molecule has 0 amide bonds. The summed E-state index contributed by atoms with van der Waals surface area (Å²) in [5, 5.41) is 3.03. The van der Waals surface area contributed by atoms with Gasteiger partial charge in [-0.05, 0) is 25.2 Å². The topological polar surface area (TPSA) is 67.1 Å². The average Bonchev–Trinajstić information content (AvgIpc) is 2.32. The van der Waals surface area contributed by atoms with Crippen molar-refractivity contribution in [3.05, 3.63) is 6.07 Å². The van der Waals surface area contributed by atoms with Gasteiger partial charge in [0, 0.05) is 25.7 Å². The zero-order valence-electron chi connectivity index (χ0n) is 11.6. The Bertz CT molecular complexity index is 420. The SMILES string of the molecule is CNc1cc(N2CC(C)CC(C)C2C)nc(N)n1. The van der Waals surface area contributed by atoms with Crippen molar-refractivity contribution in [3.8, 4) is 0 Å². The van der Waals surface area contributed by atoms with Crippen molar-refractivity contribution in [2.24, 2.45) is 11.8 Å². The summed E-state index contributed by atoms with van der Waals surface area (Å²) in [6.07, 6.45) is 1.27. The van der Waals surface area contributed by atoms with Crippen molar-refractivity contribution >= 4 is 17.6 Å². The fourth-order valence-electron chi connectivity index (χ4n) is 2.75. The van der Waals surface area contributed by atoms with Crippen LogP contribution in [0.4, 0.5) is 17.6 Å². The van der Waals surface area contributed by atoms with Crippen LogP contribution in [0.1, 0.15) is 27.2 Å². The fraction of sp³-hybridized carbons (Fsp3) is 0.692. The van der Waals surface area contributed by atoms with Crippen molar-refractivity contribution in [3.63, 3.8) is 0 Å². The lowest BCUT2D eigenvalue weighted by atomic mass is 9.86. The summed E-state index contributed by atoms with van der Waals surface area (Å²) in [7, 11) is 1.84. The number of nitrogens with two attached hydrogens (primary N) is 1. The van der Waals surface area contributed by atoms with E-state index in [0.717, 1.165) is 18.2 Å². The van der Waals surface area contributed by atoms with E-state index in [0.29, 0.717) is 23.8 Å². The highest BCUT2D eigenvalue weighted by molar-refractivity contribution is 5.53. The average molecular weight is 249 g/mol. The van der Waals surface area contributed by atoms with E-state index >= 15 is 0 Å². The van der Waals surface area contributed by atoms with E-state index < -0.39 is 0 Å². The lowest BCUT2D eigenvalue weighted by Crippen LogP contribution is -2.46. The molecule has 1 fully saturated rings. The molecule has 3 unspecified atom stereocenters. The molecule has 0 aliphatic carbocycles. The van der Waals surface area contributed by atoms with Crippen LogP contribution >= 0.6 is 0 Å². The molecule has 5 nitrogen and oxygen atoms in total. The maximum Gasteiger partial charge on any atom is 0.223 e. The summed E-state index contributed by atoms with van der Waals surface area (Å²) < 4.78 is 0. The second-order valence-electron chi connectivity index (χ2n) is 5.43. The molecule has 3 atom stereocenters. The minimum absolute atomic E-state index is 0.329. The smallest absolute Gasteiger partial charge is 0.223 e. The normalized spacial score (nSPS) is 28.2. The molecule has 2 rings (SSSR count). The van der Waals surface area contributed by atoms with E-state index in [9.17, 15) is 0 Å². The lowest BCUT2D eigenvalue weighted by molar-refractivity contribution is 0.295. The number of anilines is 3. The Balaban J connectivity index is 2.31. The minimum Gasteiger partial charge on any atom is -0.373 e. The molecule has 1 aliphatic heterocycles. The Hall–Kier alpha value is -1.52. The first kappa shape index (κ1) is 12.9. The summed E-state index contributed by atoms with van der Waals surface area (Å²) >= 11 is 0. The summed E-state index contributed by atoms with van der Waals surface area (Å²) in [6.45, 7) is 7.88. The van der Waals surface area contributed by atoms with Gasteiger partial charge in [0.1, 0.15) is 11.6 Å². The fourth-order valence-corrected chi connectivity index (χ4v) is 2.75. The van der Waals surface area contributed by atoms with E-state index in [1.165, 1.54) is 6.42 Å². The molecule has 0 saturated carbocycles. The highest BCUT2D eigenvalue weighted by Gasteiger charge is 2.29. The first-order valence-corrected chi connectivity index (χ1v) is 6.60.